The second-order valence-corrected chi connectivity index (χ2v) is 5.17. The van der Waals surface area contributed by atoms with Crippen LogP contribution >= 0.6 is 11.8 Å². The number of nitrogens with one attached hydrogen (secondary N) is 2. The molecule has 0 saturated heterocycles. The van der Waals surface area contributed by atoms with Crippen LogP contribution < -0.4 is 5.32 Å². The fourth-order valence-electron chi connectivity index (χ4n) is 1.58. The zero-order valence-corrected chi connectivity index (χ0v) is 11.6. The van der Waals surface area contributed by atoms with Crippen LogP contribution in [-0.4, -0.2) is 21.6 Å². The molecule has 20 heavy (non-hydrogen) atoms. The van der Waals surface area contributed by atoms with Crippen molar-refractivity contribution in [1.82, 2.24) is 9.97 Å². The van der Waals surface area contributed by atoms with Gasteiger partial charge in [-0.05, 0) is 30.7 Å². The number of anilines is 1. The third-order valence-corrected chi connectivity index (χ3v) is 3.55. The van der Waals surface area contributed by atoms with Gasteiger partial charge in [0.05, 0.1) is 11.6 Å². The van der Waals surface area contributed by atoms with Crippen LogP contribution in [0.15, 0.2) is 41.8 Å². The Labute approximate surface area is 121 Å². The molecule has 0 unspecified atom stereocenters. The zero-order valence-electron chi connectivity index (χ0n) is 10.8. The molecule has 1 amide bonds. The first kappa shape index (κ1) is 14.2. The van der Waals surface area contributed by atoms with Gasteiger partial charge in [-0.15, -0.1) is 0 Å². The van der Waals surface area contributed by atoms with Crippen molar-refractivity contribution in [3.05, 3.63) is 42.2 Å². The predicted octanol–water partition coefficient (Wildman–Crippen LogP) is 2.79. The van der Waals surface area contributed by atoms with Gasteiger partial charge in [-0.25, -0.2) is 4.98 Å². The number of amides is 1. The summed E-state index contributed by atoms with van der Waals surface area (Å²) in [4.78, 5) is 18.8. The van der Waals surface area contributed by atoms with Gasteiger partial charge in [-0.1, -0.05) is 11.8 Å². The Kier molecular flexibility index (Phi) is 5.21. The van der Waals surface area contributed by atoms with Crippen LogP contribution in [0, 0.1) is 11.3 Å². The Morgan fingerprint density at radius 1 is 1.40 bits per heavy atom. The number of benzene rings is 1. The Bertz CT molecular complexity index is 587. The summed E-state index contributed by atoms with van der Waals surface area (Å²) >= 11 is 1.60. The molecule has 0 aliphatic rings. The number of thioether (sulfide) groups is 1. The van der Waals surface area contributed by atoms with E-state index in [0.717, 1.165) is 17.3 Å². The summed E-state index contributed by atoms with van der Waals surface area (Å²) < 4.78 is 0. The van der Waals surface area contributed by atoms with Gasteiger partial charge in [0.15, 0.2) is 5.16 Å². The van der Waals surface area contributed by atoms with Crippen molar-refractivity contribution in [2.45, 2.75) is 18.0 Å². The number of nitrogens with zero attached hydrogens (tertiary/aromatic N) is 2. The summed E-state index contributed by atoms with van der Waals surface area (Å²) in [5, 5.41) is 12.4. The number of hydrogen-bond donors (Lipinski definition) is 2. The molecule has 2 N–H and O–H groups in total. The lowest BCUT2D eigenvalue weighted by Crippen LogP contribution is -2.11. The zero-order chi connectivity index (χ0) is 14.2. The van der Waals surface area contributed by atoms with E-state index >= 15 is 0 Å². The topological polar surface area (TPSA) is 81.6 Å². The summed E-state index contributed by atoms with van der Waals surface area (Å²) in [6.07, 6.45) is 4.74. The number of hydrogen-bond acceptors (Lipinski definition) is 4. The Morgan fingerprint density at radius 3 is 2.85 bits per heavy atom. The number of nitriles is 1. The third kappa shape index (κ3) is 4.44. The van der Waals surface area contributed by atoms with E-state index in [2.05, 4.69) is 15.3 Å². The maximum Gasteiger partial charge on any atom is 0.224 e. The highest BCUT2D eigenvalue weighted by molar-refractivity contribution is 7.99. The molecule has 2 aromatic rings. The maximum absolute atomic E-state index is 11.7. The smallest absolute Gasteiger partial charge is 0.224 e. The quantitative estimate of drug-likeness (QED) is 0.632. The molecule has 0 radical (unpaired) electrons. The average Bonchev–Trinajstić information content (AvgIpc) is 2.98. The molecule has 6 heteroatoms. The van der Waals surface area contributed by atoms with Gasteiger partial charge in [0.1, 0.15) is 0 Å². The molecule has 0 spiro atoms. The molecule has 0 saturated carbocycles. The van der Waals surface area contributed by atoms with Gasteiger partial charge in [0.25, 0.3) is 0 Å². The second kappa shape index (κ2) is 7.36. The monoisotopic (exact) mass is 286 g/mol. The summed E-state index contributed by atoms with van der Waals surface area (Å²) in [6, 6.07) is 8.86. The van der Waals surface area contributed by atoms with E-state index < -0.39 is 0 Å². The van der Waals surface area contributed by atoms with Crippen LogP contribution in [-0.2, 0) is 4.79 Å². The average molecular weight is 286 g/mol. The summed E-state index contributed by atoms with van der Waals surface area (Å²) in [5.74, 6) is 0.823. The highest BCUT2D eigenvalue weighted by Gasteiger charge is 2.03. The normalized spacial score (nSPS) is 9.95. The summed E-state index contributed by atoms with van der Waals surface area (Å²) in [5.41, 5.74) is 1.30. The van der Waals surface area contributed by atoms with Gasteiger partial charge >= 0.3 is 0 Å². The van der Waals surface area contributed by atoms with Crippen LogP contribution in [0.25, 0.3) is 0 Å². The van der Waals surface area contributed by atoms with Crippen molar-refractivity contribution in [3.8, 4) is 6.07 Å². The molecule has 0 aliphatic carbocycles. The van der Waals surface area contributed by atoms with E-state index in [1.54, 1.807) is 48.4 Å². The molecule has 0 fully saturated rings. The standard InChI is InChI=1S/C14H14N4OS/c15-10-11-3-5-12(6-4-11)18-13(19)2-1-9-20-14-16-7-8-17-14/h3-8H,1-2,9H2,(H,16,17)(H,18,19). The van der Waals surface area contributed by atoms with E-state index in [1.165, 1.54) is 0 Å². The largest absolute Gasteiger partial charge is 0.340 e. The first-order chi connectivity index (χ1) is 9.78. The lowest BCUT2D eigenvalue weighted by molar-refractivity contribution is -0.116. The number of imidazole rings is 1. The first-order valence-corrected chi connectivity index (χ1v) is 7.18. The number of carbonyl (C=O) groups excluding carboxylic acids is 1. The van der Waals surface area contributed by atoms with Crippen LogP contribution in [0.5, 0.6) is 0 Å². The number of rotatable bonds is 6. The molecule has 0 aliphatic heterocycles. The van der Waals surface area contributed by atoms with Crippen molar-refractivity contribution in [1.29, 1.82) is 5.26 Å². The van der Waals surface area contributed by atoms with Crippen molar-refractivity contribution >= 4 is 23.4 Å². The van der Waals surface area contributed by atoms with Crippen LogP contribution in [0.3, 0.4) is 0 Å². The van der Waals surface area contributed by atoms with Crippen LogP contribution in [0.4, 0.5) is 5.69 Å². The Balaban J connectivity index is 1.68. The molecule has 102 valence electrons. The Hall–Kier alpha value is -2.26. The van der Waals surface area contributed by atoms with Gasteiger partial charge in [-0.2, -0.15) is 5.26 Å². The number of carbonyl (C=O) groups is 1. The van der Waals surface area contributed by atoms with Gasteiger partial charge in [-0.3, -0.25) is 4.79 Å². The highest BCUT2D eigenvalue weighted by Crippen LogP contribution is 2.14. The molecule has 0 bridgehead atoms. The van der Waals surface area contributed by atoms with E-state index in [1.807, 2.05) is 6.07 Å². The minimum Gasteiger partial charge on any atom is -0.340 e. The van der Waals surface area contributed by atoms with Crippen molar-refractivity contribution in [2.75, 3.05) is 11.1 Å². The Morgan fingerprint density at radius 2 is 2.20 bits per heavy atom. The van der Waals surface area contributed by atoms with E-state index in [-0.39, 0.29) is 5.91 Å². The lowest BCUT2D eigenvalue weighted by Gasteiger charge is -2.04. The van der Waals surface area contributed by atoms with E-state index in [0.29, 0.717) is 17.7 Å². The molecule has 1 heterocycles. The minimum atomic E-state index is -0.0187. The summed E-state index contributed by atoms with van der Waals surface area (Å²) in [7, 11) is 0. The molecule has 0 atom stereocenters. The molecular formula is C14H14N4OS. The fraction of sp³-hybridized carbons (Fsp3) is 0.214. The SMILES string of the molecule is N#Cc1ccc(NC(=O)CCCSc2ncc[nH]2)cc1. The second-order valence-electron chi connectivity index (χ2n) is 4.08. The van der Waals surface area contributed by atoms with E-state index in [4.69, 9.17) is 5.26 Å². The number of H-pyrrole nitrogens is 1. The minimum absolute atomic E-state index is 0.0187. The maximum atomic E-state index is 11.7. The molecular weight excluding hydrogens is 272 g/mol. The van der Waals surface area contributed by atoms with Gasteiger partial charge in [0.2, 0.25) is 5.91 Å². The van der Waals surface area contributed by atoms with Crippen molar-refractivity contribution < 1.29 is 4.79 Å². The fourth-order valence-corrected chi connectivity index (χ4v) is 2.35. The van der Waals surface area contributed by atoms with Gasteiger partial charge in [0, 0.05) is 30.3 Å². The third-order valence-electron chi connectivity index (χ3n) is 2.56. The molecule has 1 aromatic carbocycles. The van der Waals surface area contributed by atoms with Crippen LogP contribution in [0.2, 0.25) is 0 Å². The highest BCUT2D eigenvalue weighted by atomic mass is 32.2. The first-order valence-electron chi connectivity index (χ1n) is 6.20. The molecule has 5 nitrogen and oxygen atoms in total. The van der Waals surface area contributed by atoms with Crippen molar-refractivity contribution in [3.63, 3.8) is 0 Å². The molecule has 2 rings (SSSR count). The molecule has 1 aromatic heterocycles. The van der Waals surface area contributed by atoms with E-state index in [9.17, 15) is 4.79 Å². The number of aromatic amines is 1. The predicted molar refractivity (Wildman–Crippen MR) is 78.3 cm³/mol. The van der Waals surface area contributed by atoms with Gasteiger partial charge < -0.3 is 10.3 Å². The van der Waals surface area contributed by atoms with Crippen LogP contribution in [0.1, 0.15) is 18.4 Å². The van der Waals surface area contributed by atoms with Crippen molar-refractivity contribution in [2.24, 2.45) is 0 Å². The lowest BCUT2D eigenvalue weighted by atomic mass is 10.2. The summed E-state index contributed by atoms with van der Waals surface area (Å²) in [6.45, 7) is 0. The number of aromatic nitrogens is 2.